The van der Waals surface area contributed by atoms with E-state index in [1.165, 1.54) is 24.2 Å². The minimum atomic E-state index is -0.168. The lowest BCUT2D eigenvalue weighted by Gasteiger charge is -2.05. The first-order valence-corrected chi connectivity index (χ1v) is 10.4. The minimum absolute atomic E-state index is 0.0916. The van der Waals surface area contributed by atoms with E-state index in [2.05, 4.69) is 30.8 Å². The average molecular weight is 411 g/mol. The smallest absolute Gasteiger partial charge is 0.230 e. The van der Waals surface area contributed by atoms with Crippen LogP contribution in [-0.4, -0.2) is 32.0 Å². The monoisotopic (exact) mass is 410 g/mol. The van der Waals surface area contributed by atoms with Gasteiger partial charge in [0.15, 0.2) is 11.0 Å². The summed E-state index contributed by atoms with van der Waals surface area (Å²) in [6, 6.07) is 7.43. The molecule has 0 saturated heterocycles. The predicted molar refractivity (Wildman–Crippen MR) is 112 cm³/mol. The second kappa shape index (κ2) is 8.12. The Bertz CT molecular complexity index is 1020. The number of rotatable bonds is 7. The zero-order chi connectivity index (χ0) is 20.4. The topological polar surface area (TPSA) is 113 Å². The summed E-state index contributed by atoms with van der Waals surface area (Å²) in [7, 11) is 0. The maximum Gasteiger partial charge on any atom is 0.230 e. The molecule has 8 nitrogen and oxygen atoms in total. The quantitative estimate of drug-likeness (QED) is 0.551. The van der Waals surface area contributed by atoms with E-state index < -0.39 is 0 Å². The molecule has 0 spiro atoms. The molecule has 9 heteroatoms. The van der Waals surface area contributed by atoms with Crippen molar-refractivity contribution in [1.82, 2.24) is 20.2 Å². The normalized spacial score (nSPS) is 13.5. The van der Waals surface area contributed by atoms with Crippen LogP contribution < -0.4 is 10.6 Å². The Balaban J connectivity index is 1.32. The Morgan fingerprint density at radius 2 is 1.93 bits per heavy atom. The van der Waals surface area contributed by atoms with Gasteiger partial charge in [-0.2, -0.15) is 5.10 Å². The van der Waals surface area contributed by atoms with Gasteiger partial charge in [0.1, 0.15) is 5.82 Å². The molecule has 2 heterocycles. The number of amides is 2. The molecule has 1 aliphatic rings. The molecular formula is C20H22N6O2S. The van der Waals surface area contributed by atoms with Crippen molar-refractivity contribution >= 4 is 34.0 Å². The highest BCUT2D eigenvalue weighted by Crippen LogP contribution is 2.38. The third-order valence-corrected chi connectivity index (χ3v) is 5.35. The van der Waals surface area contributed by atoms with Gasteiger partial charge in [0.05, 0.1) is 12.1 Å². The molecule has 2 amide bonds. The number of thiazole rings is 1. The van der Waals surface area contributed by atoms with E-state index in [0.29, 0.717) is 28.3 Å². The highest BCUT2D eigenvalue weighted by Gasteiger charge is 2.27. The summed E-state index contributed by atoms with van der Waals surface area (Å²) >= 11 is 1.31. The van der Waals surface area contributed by atoms with Crippen LogP contribution in [0.25, 0.3) is 11.4 Å². The molecule has 3 N–H and O–H groups in total. The second-order valence-corrected chi connectivity index (χ2v) is 8.27. The van der Waals surface area contributed by atoms with E-state index >= 15 is 0 Å². The fourth-order valence-corrected chi connectivity index (χ4v) is 3.42. The van der Waals surface area contributed by atoms with E-state index in [9.17, 15) is 9.59 Å². The van der Waals surface area contributed by atoms with Crippen LogP contribution in [0.1, 0.15) is 44.1 Å². The summed E-state index contributed by atoms with van der Waals surface area (Å²) in [6.07, 6.45) is 2.48. The van der Waals surface area contributed by atoms with Gasteiger partial charge >= 0.3 is 0 Å². The molecule has 1 saturated carbocycles. The summed E-state index contributed by atoms with van der Waals surface area (Å²) < 4.78 is 0. The standard InChI is InChI=1S/C20H22N6O2S/c1-11(2)19(28)24-20-22-15(10-29-20)9-16(27)21-14-7-5-13(6-8-14)18-23-17(25-26-18)12-3-4-12/h5-8,10-12H,3-4,9H2,1-2H3,(H,21,27)(H,22,24,28)(H,23,25,26). The highest BCUT2D eigenvalue weighted by molar-refractivity contribution is 7.13. The molecular weight excluding hydrogens is 388 g/mol. The summed E-state index contributed by atoms with van der Waals surface area (Å²) in [5.41, 5.74) is 2.22. The zero-order valence-electron chi connectivity index (χ0n) is 16.2. The Labute approximate surface area is 172 Å². The fourth-order valence-electron chi connectivity index (χ4n) is 2.71. The molecule has 0 radical (unpaired) electrons. The molecule has 4 rings (SSSR count). The molecule has 0 bridgehead atoms. The van der Waals surface area contributed by atoms with Crippen LogP contribution in [-0.2, 0) is 16.0 Å². The van der Waals surface area contributed by atoms with Gasteiger partial charge in [-0.15, -0.1) is 11.3 Å². The van der Waals surface area contributed by atoms with Gasteiger partial charge < -0.3 is 10.6 Å². The van der Waals surface area contributed by atoms with Crippen LogP contribution >= 0.6 is 11.3 Å². The molecule has 0 atom stereocenters. The number of aromatic amines is 1. The lowest BCUT2D eigenvalue weighted by molar-refractivity contribution is -0.119. The third kappa shape index (κ3) is 4.86. The van der Waals surface area contributed by atoms with Crippen molar-refractivity contribution in [3.63, 3.8) is 0 Å². The third-order valence-electron chi connectivity index (χ3n) is 4.54. The van der Waals surface area contributed by atoms with Crippen LogP contribution in [0.15, 0.2) is 29.6 Å². The number of nitrogens with zero attached hydrogens (tertiary/aromatic N) is 3. The van der Waals surface area contributed by atoms with Crippen molar-refractivity contribution in [3.05, 3.63) is 41.2 Å². The summed E-state index contributed by atoms with van der Waals surface area (Å²) in [4.78, 5) is 32.8. The van der Waals surface area contributed by atoms with Gasteiger partial charge in [-0.05, 0) is 37.1 Å². The molecule has 150 valence electrons. The SMILES string of the molecule is CC(C)C(=O)Nc1nc(CC(=O)Nc2ccc(-c3n[nH]c(C4CC4)n3)cc2)cs1. The van der Waals surface area contributed by atoms with Crippen molar-refractivity contribution in [3.8, 4) is 11.4 Å². The Kier molecular flexibility index (Phi) is 5.39. The second-order valence-electron chi connectivity index (χ2n) is 7.41. The summed E-state index contributed by atoms with van der Waals surface area (Å²) in [6.45, 7) is 3.63. The Hall–Kier alpha value is -3.07. The first-order valence-electron chi connectivity index (χ1n) is 9.56. The van der Waals surface area contributed by atoms with E-state index in [1.807, 2.05) is 38.1 Å². The van der Waals surface area contributed by atoms with Gasteiger partial charge in [0, 0.05) is 28.5 Å². The number of H-pyrrole nitrogens is 1. The molecule has 1 aliphatic carbocycles. The number of aromatic nitrogens is 4. The Morgan fingerprint density at radius 3 is 2.62 bits per heavy atom. The van der Waals surface area contributed by atoms with E-state index in [1.54, 1.807) is 5.38 Å². The average Bonchev–Trinajstić information content (AvgIpc) is 3.26. The van der Waals surface area contributed by atoms with E-state index in [4.69, 9.17) is 0 Å². The van der Waals surface area contributed by atoms with Gasteiger partial charge in [-0.1, -0.05) is 13.8 Å². The molecule has 2 aromatic heterocycles. The van der Waals surface area contributed by atoms with Crippen molar-refractivity contribution in [1.29, 1.82) is 0 Å². The first-order chi connectivity index (χ1) is 14.0. The fraction of sp³-hybridized carbons (Fsp3) is 0.350. The molecule has 3 aromatic rings. The Morgan fingerprint density at radius 1 is 1.17 bits per heavy atom. The zero-order valence-corrected chi connectivity index (χ0v) is 17.0. The minimum Gasteiger partial charge on any atom is -0.326 e. The van der Waals surface area contributed by atoms with Gasteiger partial charge in [0.25, 0.3) is 0 Å². The van der Waals surface area contributed by atoms with Gasteiger partial charge in [0.2, 0.25) is 11.8 Å². The summed E-state index contributed by atoms with van der Waals surface area (Å²) in [5.74, 6) is 1.77. The predicted octanol–water partition coefficient (Wildman–Crippen LogP) is 3.58. The number of hydrogen-bond donors (Lipinski definition) is 3. The van der Waals surface area contributed by atoms with Crippen molar-refractivity contribution in [2.45, 2.75) is 39.0 Å². The number of hydrogen-bond acceptors (Lipinski definition) is 6. The van der Waals surface area contributed by atoms with Crippen molar-refractivity contribution in [2.75, 3.05) is 10.6 Å². The van der Waals surface area contributed by atoms with Gasteiger partial charge in [-0.25, -0.2) is 9.97 Å². The van der Waals surface area contributed by atoms with Crippen LogP contribution in [0, 0.1) is 5.92 Å². The maximum atomic E-state index is 12.3. The maximum absolute atomic E-state index is 12.3. The lowest BCUT2D eigenvalue weighted by atomic mass is 10.2. The molecule has 1 aromatic carbocycles. The van der Waals surface area contributed by atoms with Gasteiger partial charge in [-0.3, -0.25) is 14.7 Å². The van der Waals surface area contributed by atoms with E-state index in [-0.39, 0.29) is 24.2 Å². The molecule has 0 unspecified atom stereocenters. The van der Waals surface area contributed by atoms with Crippen molar-refractivity contribution in [2.24, 2.45) is 5.92 Å². The summed E-state index contributed by atoms with van der Waals surface area (Å²) in [5, 5.41) is 15.2. The number of benzene rings is 1. The molecule has 29 heavy (non-hydrogen) atoms. The van der Waals surface area contributed by atoms with Crippen LogP contribution in [0.4, 0.5) is 10.8 Å². The molecule has 0 aliphatic heterocycles. The molecule has 1 fully saturated rings. The lowest BCUT2D eigenvalue weighted by Crippen LogP contribution is -2.18. The highest BCUT2D eigenvalue weighted by atomic mass is 32.1. The van der Waals surface area contributed by atoms with Crippen LogP contribution in [0.2, 0.25) is 0 Å². The number of carbonyl (C=O) groups excluding carboxylic acids is 2. The number of nitrogens with one attached hydrogen (secondary N) is 3. The van der Waals surface area contributed by atoms with Crippen LogP contribution in [0.5, 0.6) is 0 Å². The largest absolute Gasteiger partial charge is 0.326 e. The first kappa shape index (κ1) is 19.3. The number of anilines is 2. The van der Waals surface area contributed by atoms with E-state index in [0.717, 1.165) is 11.4 Å². The van der Waals surface area contributed by atoms with Crippen molar-refractivity contribution < 1.29 is 9.59 Å². The van der Waals surface area contributed by atoms with Crippen LogP contribution in [0.3, 0.4) is 0 Å². The number of carbonyl (C=O) groups is 2.